The molecule has 1 aromatic heterocycles. The minimum absolute atomic E-state index is 0.0298. The number of ketones is 1. The number of halogens is 3. The summed E-state index contributed by atoms with van der Waals surface area (Å²) < 4.78 is 41.0. The molecule has 132 valence electrons. The Balaban J connectivity index is 1.91. The van der Waals surface area contributed by atoms with Crippen molar-refractivity contribution in [1.29, 1.82) is 0 Å². The first-order valence-corrected chi connectivity index (χ1v) is 7.98. The van der Waals surface area contributed by atoms with Gasteiger partial charge in [-0.3, -0.25) is 4.79 Å². The molecule has 0 saturated heterocycles. The first-order valence-electron chi connectivity index (χ1n) is 7.98. The molecular weight excluding hydrogens is 333 g/mol. The monoisotopic (exact) mass is 350 g/mol. The molecule has 7 heteroatoms. The number of pyridine rings is 1. The van der Waals surface area contributed by atoms with Crippen LogP contribution in [0.25, 0.3) is 0 Å². The second-order valence-corrected chi connectivity index (χ2v) is 5.94. The predicted molar refractivity (Wildman–Crippen MR) is 87.3 cm³/mol. The zero-order valence-electron chi connectivity index (χ0n) is 13.6. The number of fused-ring (bicyclic) bond motifs is 1. The van der Waals surface area contributed by atoms with Crippen LogP contribution in [-0.2, 0) is 12.8 Å². The molecule has 25 heavy (non-hydrogen) atoms. The highest BCUT2D eigenvalue weighted by Crippen LogP contribution is 2.32. The number of hydrogen-bond acceptors (Lipinski definition) is 4. The molecule has 0 unspecified atom stereocenters. The van der Waals surface area contributed by atoms with E-state index in [0.717, 1.165) is 36.8 Å². The number of rotatable bonds is 4. The molecular formula is C18H17F3N2O2. The number of Topliss-reactive ketones (excluding diaryl/α,β-unsaturated/α-hetero) is 1. The maximum Gasteiger partial charge on any atom is 0.573 e. The van der Waals surface area contributed by atoms with Crippen molar-refractivity contribution in [2.75, 3.05) is 5.32 Å². The van der Waals surface area contributed by atoms with E-state index in [1.165, 1.54) is 31.3 Å². The van der Waals surface area contributed by atoms with Gasteiger partial charge in [0.15, 0.2) is 5.78 Å². The summed E-state index contributed by atoms with van der Waals surface area (Å²) in [6.07, 6.45) is 0.376. The smallest absolute Gasteiger partial charge is 0.406 e. The Morgan fingerprint density at radius 1 is 1.20 bits per heavy atom. The molecule has 0 radical (unpaired) electrons. The first kappa shape index (κ1) is 17.3. The second kappa shape index (κ2) is 6.74. The number of ether oxygens (including phenoxy) is 1. The van der Waals surface area contributed by atoms with Crippen LogP contribution in [0.4, 0.5) is 24.7 Å². The van der Waals surface area contributed by atoms with Gasteiger partial charge in [0.05, 0.1) is 0 Å². The molecule has 0 bridgehead atoms. The molecule has 1 aliphatic rings. The molecule has 0 saturated carbocycles. The highest BCUT2D eigenvalue weighted by Gasteiger charge is 2.31. The zero-order chi connectivity index (χ0) is 18.0. The molecule has 0 aliphatic heterocycles. The standard InChI is InChI=1S/C18H17F3N2O2/c1-11(24)16-10-22-17(15-8-3-2-7-14(15)16)23-12-5-4-6-13(9-12)25-18(19,20)21/h4-6,9-10H,2-3,7-8H2,1H3,(H,22,23). The zero-order valence-corrected chi connectivity index (χ0v) is 13.6. The SMILES string of the molecule is CC(=O)c1cnc(Nc2cccc(OC(F)(F)F)c2)c2c1CCCC2. The van der Waals surface area contributed by atoms with E-state index < -0.39 is 6.36 Å². The van der Waals surface area contributed by atoms with E-state index >= 15 is 0 Å². The molecule has 1 heterocycles. The largest absolute Gasteiger partial charge is 0.573 e. The molecule has 4 nitrogen and oxygen atoms in total. The van der Waals surface area contributed by atoms with Gasteiger partial charge in [-0.2, -0.15) is 0 Å². The van der Waals surface area contributed by atoms with E-state index in [0.29, 0.717) is 17.1 Å². The van der Waals surface area contributed by atoms with Crippen molar-refractivity contribution in [2.45, 2.75) is 39.0 Å². The van der Waals surface area contributed by atoms with Crippen LogP contribution in [0, 0.1) is 0 Å². The Labute approximate surface area is 143 Å². The lowest BCUT2D eigenvalue weighted by Gasteiger charge is -2.21. The Kier molecular flexibility index (Phi) is 4.65. The number of benzene rings is 1. The summed E-state index contributed by atoms with van der Waals surface area (Å²) >= 11 is 0. The fourth-order valence-corrected chi connectivity index (χ4v) is 3.07. The first-order chi connectivity index (χ1) is 11.8. The summed E-state index contributed by atoms with van der Waals surface area (Å²) in [6.45, 7) is 1.51. The summed E-state index contributed by atoms with van der Waals surface area (Å²) in [6, 6.07) is 5.61. The van der Waals surface area contributed by atoms with E-state index in [9.17, 15) is 18.0 Å². The molecule has 2 aromatic rings. The fourth-order valence-electron chi connectivity index (χ4n) is 3.07. The normalized spacial score (nSPS) is 13.9. The molecule has 0 spiro atoms. The van der Waals surface area contributed by atoms with Crippen LogP contribution in [0.5, 0.6) is 5.75 Å². The number of aromatic nitrogens is 1. The minimum atomic E-state index is -4.74. The lowest BCUT2D eigenvalue weighted by Crippen LogP contribution is -2.17. The van der Waals surface area contributed by atoms with E-state index in [2.05, 4.69) is 15.0 Å². The molecule has 1 aromatic carbocycles. The number of carbonyl (C=O) groups excluding carboxylic acids is 1. The minimum Gasteiger partial charge on any atom is -0.406 e. The Bertz CT molecular complexity index is 803. The fraction of sp³-hybridized carbons (Fsp3) is 0.333. The molecule has 1 aliphatic carbocycles. The van der Waals surface area contributed by atoms with Crippen molar-refractivity contribution < 1.29 is 22.7 Å². The van der Waals surface area contributed by atoms with Gasteiger partial charge in [-0.15, -0.1) is 13.2 Å². The van der Waals surface area contributed by atoms with Crippen LogP contribution in [-0.4, -0.2) is 17.1 Å². The van der Waals surface area contributed by atoms with Crippen molar-refractivity contribution in [3.63, 3.8) is 0 Å². The van der Waals surface area contributed by atoms with Gasteiger partial charge in [0.1, 0.15) is 11.6 Å². The van der Waals surface area contributed by atoms with Gasteiger partial charge in [0.25, 0.3) is 0 Å². The lowest BCUT2D eigenvalue weighted by molar-refractivity contribution is -0.274. The van der Waals surface area contributed by atoms with Crippen LogP contribution in [0.1, 0.15) is 41.3 Å². The average Bonchev–Trinajstić information content (AvgIpc) is 2.53. The highest BCUT2D eigenvalue weighted by molar-refractivity contribution is 5.96. The van der Waals surface area contributed by atoms with E-state index in [1.54, 1.807) is 6.07 Å². The third-order valence-electron chi connectivity index (χ3n) is 4.11. The predicted octanol–water partition coefficient (Wildman–Crippen LogP) is 4.81. The van der Waals surface area contributed by atoms with Crippen molar-refractivity contribution in [3.8, 4) is 5.75 Å². The van der Waals surface area contributed by atoms with Gasteiger partial charge in [0, 0.05) is 23.5 Å². The molecule has 0 atom stereocenters. The maximum absolute atomic E-state index is 12.4. The quantitative estimate of drug-likeness (QED) is 0.805. The number of nitrogens with zero attached hydrogens (tertiary/aromatic N) is 1. The number of hydrogen-bond donors (Lipinski definition) is 1. The van der Waals surface area contributed by atoms with Crippen LogP contribution in [0.3, 0.4) is 0 Å². The average molecular weight is 350 g/mol. The molecule has 1 N–H and O–H groups in total. The van der Waals surface area contributed by atoms with Crippen molar-refractivity contribution in [1.82, 2.24) is 4.98 Å². The van der Waals surface area contributed by atoms with E-state index in [1.807, 2.05) is 0 Å². The third-order valence-corrected chi connectivity index (χ3v) is 4.11. The Morgan fingerprint density at radius 3 is 2.60 bits per heavy atom. The van der Waals surface area contributed by atoms with Gasteiger partial charge < -0.3 is 10.1 Å². The van der Waals surface area contributed by atoms with Crippen LogP contribution in [0.2, 0.25) is 0 Å². The number of carbonyl (C=O) groups is 1. The molecule has 0 fully saturated rings. The van der Waals surface area contributed by atoms with Crippen LogP contribution >= 0.6 is 0 Å². The van der Waals surface area contributed by atoms with Crippen molar-refractivity contribution >= 4 is 17.3 Å². The summed E-state index contributed by atoms with van der Waals surface area (Å²) in [4.78, 5) is 16.1. The number of alkyl halides is 3. The summed E-state index contributed by atoms with van der Waals surface area (Å²) in [5, 5.41) is 3.05. The summed E-state index contributed by atoms with van der Waals surface area (Å²) in [5.74, 6) is 0.244. The van der Waals surface area contributed by atoms with Gasteiger partial charge in [0.2, 0.25) is 0 Å². The van der Waals surface area contributed by atoms with E-state index in [4.69, 9.17) is 0 Å². The van der Waals surface area contributed by atoms with Gasteiger partial charge >= 0.3 is 6.36 Å². The van der Waals surface area contributed by atoms with Crippen molar-refractivity contribution in [2.24, 2.45) is 0 Å². The molecule has 0 amide bonds. The van der Waals surface area contributed by atoms with Crippen LogP contribution < -0.4 is 10.1 Å². The third kappa shape index (κ3) is 4.10. The second-order valence-electron chi connectivity index (χ2n) is 5.94. The summed E-state index contributed by atoms with van der Waals surface area (Å²) in [7, 11) is 0. The van der Waals surface area contributed by atoms with E-state index in [-0.39, 0.29) is 11.5 Å². The summed E-state index contributed by atoms with van der Waals surface area (Å²) in [5.41, 5.74) is 3.01. The van der Waals surface area contributed by atoms with Gasteiger partial charge in [-0.25, -0.2) is 4.98 Å². The van der Waals surface area contributed by atoms with Crippen LogP contribution in [0.15, 0.2) is 30.5 Å². The number of nitrogens with one attached hydrogen (secondary N) is 1. The number of anilines is 2. The Morgan fingerprint density at radius 2 is 1.92 bits per heavy atom. The van der Waals surface area contributed by atoms with Gasteiger partial charge in [-0.05, 0) is 55.9 Å². The highest BCUT2D eigenvalue weighted by atomic mass is 19.4. The van der Waals surface area contributed by atoms with Gasteiger partial charge in [-0.1, -0.05) is 6.07 Å². The molecule has 3 rings (SSSR count). The lowest BCUT2D eigenvalue weighted by atomic mass is 9.88. The van der Waals surface area contributed by atoms with Crippen molar-refractivity contribution in [3.05, 3.63) is 47.2 Å². The Hall–Kier alpha value is -2.57. The topological polar surface area (TPSA) is 51.2 Å². The maximum atomic E-state index is 12.4.